The number of ketones is 1. The van der Waals surface area contributed by atoms with Gasteiger partial charge in [0.1, 0.15) is 41.9 Å². The molecule has 0 saturated carbocycles. The van der Waals surface area contributed by atoms with Crippen LogP contribution in [-0.2, 0) is 44.7 Å². The number of anilines is 1. The highest BCUT2D eigenvalue weighted by Gasteiger charge is 2.53. The summed E-state index contributed by atoms with van der Waals surface area (Å²) >= 11 is 0. The number of carbonyl (C=O) groups is 2. The van der Waals surface area contributed by atoms with Crippen LogP contribution in [0, 0.1) is 23.7 Å². The minimum Gasteiger partial charge on any atom is -0.459 e. The molecule has 5 N–H and O–H groups in total. The summed E-state index contributed by atoms with van der Waals surface area (Å²) in [6.07, 6.45) is -2.70. The van der Waals surface area contributed by atoms with E-state index >= 15 is 0 Å². The molecule has 0 radical (unpaired) electrons. The Kier molecular flexibility index (Phi) is 14.8. The number of aromatic nitrogens is 3. The number of aliphatic hydroxyl groups is 3. The average molecular weight is 817 g/mol. The second kappa shape index (κ2) is 18.8. The van der Waals surface area contributed by atoms with Crippen molar-refractivity contribution in [2.45, 2.75) is 141 Å². The van der Waals surface area contributed by atoms with Gasteiger partial charge >= 0.3 is 5.97 Å². The number of Topliss-reactive ketones (excluding diaryl/α,β-unsaturated/α-hetero) is 1. The highest BCUT2D eigenvalue weighted by Crippen LogP contribution is 2.40. The molecule has 1 unspecified atom stereocenters. The first-order chi connectivity index (χ1) is 27.3. The number of oxime groups is 1. The second-order valence-electron chi connectivity index (χ2n) is 17.1. The van der Waals surface area contributed by atoms with E-state index in [1.807, 2.05) is 38.9 Å². The molecule has 0 amide bonds. The van der Waals surface area contributed by atoms with Crippen LogP contribution in [0.5, 0.6) is 0 Å². The van der Waals surface area contributed by atoms with Crippen molar-refractivity contribution < 1.29 is 53.4 Å². The van der Waals surface area contributed by atoms with Crippen LogP contribution >= 0.6 is 0 Å². The largest absolute Gasteiger partial charge is 0.459 e. The van der Waals surface area contributed by atoms with Crippen LogP contribution < -0.4 is 5.73 Å². The molecule has 3 aliphatic rings. The van der Waals surface area contributed by atoms with Gasteiger partial charge in [0.15, 0.2) is 17.9 Å². The monoisotopic (exact) mass is 816 g/mol. The van der Waals surface area contributed by atoms with Gasteiger partial charge in [-0.2, -0.15) is 0 Å². The van der Waals surface area contributed by atoms with Gasteiger partial charge in [0, 0.05) is 41.9 Å². The van der Waals surface area contributed by atoms with Crippen molar-refractivity contribution in [1.82, 2.24) is 19.7 Å². The minimum atomic E-state index is -1.82. The molecular weight excluding hydrogens is 752 g/mol. The van der Waals surface area contributed by atoms with Gasteiger partial charge in [-0.1, -0.05) is 38.9 Å². The van der Waals surface area contributed by atoms with E-state index in [2.05, 4.69) is 15.2 Å². The Bertz CT molecular complexity index is 1720. The smallest absolute Gasteiger partial charge is 0.316 e. The molecule has 5 rings (SSSR count). The summed E-state index contributed by atoms with van der Waals surface area (Å²) in [5.41, 5.74) is 3.57. The van der Waals surface area contributed by atoms with Crippen molar-refractivity contribution in [2.24, 2.45) is 28.8 Å². The Morgan fingerprint density at radius 3 is 2.41 bits per heavy atom. The summed E-state index contributed by atoms with van der Waals surface area (Å²) in [7, 11) is 3.73. The summed E-state index contributed by atoms with van der Waals surface area (Å²) in [5.74, 6) is -3.85. The highest BCUT2D eigenvalue weighted by molar-refractivity contribution is 6.00. The minimum absolute atomic E-state index is 0.0355. The Hall–Kier alpha value is -3.55. The van der Waals surface area contributed by atoms with Crippen molar-refractivity contribution in [2.75, 3.05) is 33.0 Å². The molecule has 2 aromatic rings. The fourth-order valence-corrected chi connectivity index (χ4v) is 8.69. The Balaban J connectivity index is 1.56. The second-order valence-corrected chi connectivity index (χ2v) is 17.1. The number of esters is 1. The van der Waals surface area contributed by atoms with Crippen molar-refractivity contribution in [1.29, 1.82) is 0 Å². The zero-order valence-electron chi connectivity index (χ0n) is 35.5. The molecule has 14 atom stereocenters. The van der Waals surface area contributed by atoms with Gasteiger partial charge in [-0.05, 0) is 73.0 Å². The average Bonchev–Trinajstić information content (AvgIpc) is 3.62. The first kappa shape index (κ1) is 45.5. The molecule has 324 valence electrons. The third kappa shape index (κ3) is 10.1. The summed E-state index contributed by atoms with van der Waals surface area (Å²) in [6.45, 7) is 13.4. The number of pyridine rings is 1. The summed E-state index contributed by atoms with van der Waals surface area (Å²) in [4.78, 5) is 40.3. The molecule has 17 heteroatoms. The number of nitrogen functional groups attached to an aromatic ring is 1. The topological polar surface area (TPSA) is 223 Å². The molecule has 0 aliphatic carbocycles. The van der Waals surface area contributed by atoms with Gasteiger partial charge in [0.2, 0.25) is 0 Å². The van der Waals surface area contributed by atoms with E-state index < -0.39 is 83.4 Å². The molecule has 2 bridgehead atoms. The third-order valence-electron chi connectivity index (χ3n) is 12.1. The van der Waals surface area contributed by atoms with E-state index in [-0.39, 0.29) is 44.8 Å². The van der Waals surface area contributed by atoms with Gasteiger partial charge in [0.05, 0.1) is 43.2 Å². The Labute approximate surface area is 341 Å². The molecule has 0 spiro atoms. The van der Waals surface area contributed by atoms with Crippen LogP contribution in [0.4, 0.5) is 5.82 Å². The summed E-state index contributed by atoms with van der Waals surface area (Å²) in [6, 6.07) is 4.94. The maximum Gasteiger partial charge on any atom is 0.316 e. The van der Waals surface area contributed by atoms with Crippen molar-refractivity contribution in [3.05, 3.63) is 36.2 Å². The van der Waals surface area contributed by atoms with Gasteiger partial charge in [-0.25, -0.2) is 9.67 Å². The summed E-state index contributed by atoms with van der Waals surface area (Å²) < 4.78 is 33.7. The molecule has 3 saturated heterocycles. The van der Waals surface area contributed by atoms with Crippen molar-refractivity contribution in [3.8, 4) is 5.82 Å². The number of nitrogens with zero attached hydrogens (tertiary/aromatic N) is 5. The lowest BCUT2D eigenvalue weighted by molar-refractivity contribution is -0.297. The van der Waals surface area contributed by atoms with E-state index in [9.17, 15) is 24.9 Å². The Morgan fingerprint density at radius 1 is 1.07 bits per heavy atom. The highest BCUT2D eigenvalue weighted by atomic mass is 16.7. The van der Waals surface area contributed by atoms with Gasteiger partial charge in [0.25, 0.3) is 0 Å². The van der Waals surface area contributed by atoms with E-state index in [0.717, 1.165) is 0 Å². The fourth-order valence-electron chi connectivity index (χ4n) is 8.69. The number of cyclic esters (lactones) is 1. The zero-order valence-corrected chi connectivity index (χ0v) is 35.5. The van der Waals surface area contributed by atoms with Crippen LogP contribution in [0.1, 0.15) is 80.2 Å². The molecule has 2 aromatic heterocycles. The predicted molar refractivity (Wildman–Crippen MR) is 212 cm³/mol. The molecule has 0 aromatic carbocycles. The van der Waals surface area contributed by atoms with Crippen LogP contribution in [0.2, 0.25) is 0 Å². The Morgan fingerprint density at radius 2 is 1.79 bits per heavy atom. The first-order valence-electron chi connectivity index (χ1n) is 20.3. The number of likely N-dealkylation sites (N-methyl/N-ethyl adjacent to an activating group) is 1. The van der Waals surface area contributed by atoms with E-state index in [0.29, 0.717) is 29.3 Å². The SMILES string of the molecule is CC[C@H]1OC(=O)[C@H](C)C(=O)[C@H](C)[C@@H](O[C@H]2O[C@H](C)C[C@H](N(C)C)[C@H]2O)[C@@]2(C)C[C@@H](C)[C@H](O)[C@H](C)C(OC/C(=N\OCc3ccc(-n4ccc(N)n4)nc3)CO2)[C@]1(C)O. The van der Waals surface area contributed by atoms with E-state index in [4.69, 9.17) is 34.3 Å². The number of aliphatic hydroxyl groups excluding tert-OH is 2. The lowest BCUT2D eigenvalue weighted by Crippen LogP contribution is -2.60. The number of ether oxygens (including phenoxy) is 5. The molecule has 3 aliphatic heterocycles. The quantitative estimate of drug-likeness (QED) is 0.171. The van der Waals surface area contributed by atoms with E-state index in [1.54, 1.807) is 56.9 Å². The third-order valence-corrected chi connectivity index (χ3v) is 12.1. The van der Waals surface area contributed by atoms with Crippen LogP contribution in [0.25, 0.3) is 5.82 Å². The number of hydrogen-bond acceptors (Lipinski definition) is 16. The number of rotatable bonds is 8. The normalized spacial score (nSPS) is 39.1. The molecule has 3 fully saturated rings. The molecule has 17 nitrogen and oxygen atoms in total. The van der Waals surface area contributed by atoms with Crippen LogP contribution in [0.15, 0.2) is 35.7 Å². The maximum absolute atomic E-state index is 14.4. The standard InChI is InChI=1S/C41H64N6O11/c1-11-30-41(8,52)37-24(4)33(48)22(2)17-40(7,54-21-28(20-53-37)45-55-19-27-12-13-32(43-18-27)47-15-14-31(42)44-47)36(25(5)34(49)26(6)38(51)57-30)58-39-35(50)29(46(9)10)16-23(3)56-39/h12-15,18,22-26,29-30,33,35-37,39,48,50,52H,11,16-17,19-21H2,1-10H3,(H2,42,44)/b45-28+/t22-,23-,24+,25+,26-,29+,30-,33+,35-,36-,37?,39-,40-,41-/m1/s1. The van der Waals surface area contributed by atoms with Crippen LogP contribution in [0.3, 0.4) is 0 Å². The lowest BCUT2D eigenvalue weighted by atomic mass is 9.73. The maximum atomic E-state index is 14.4. The fraction of sp³-hybridized carbons (Fsp3) is 0.732. The molecular formula is C41H64N6O11. The number of fused-ring (bicyclic) bond motifs is 5. The zero-order chi connectivity index (χ0) is 42.7. The van der Waals surface area contributed by atoms with Crippen LogP contribution in [-0.4, -0.2) is 140 Å². The number of nitrogens with two attached hydrogens (primary N) is 1. The number of hydrogen-bond donors (Lipinski definition) is 4. The van der Waals surface area contributed by atoms with Gasteiger partial charge in [-0.3, -0.25) is 9.59 Å². The van der Waals surface area contributed by atoms with Crippen molar-refractivity contribution in [3.63, 3.8) is 0 Å². The van der Waals surface area contributed by atoms with Crippen molar-refractivity contribution >= 4 is 23.3 Å². The van der Waals surface area contributed by atoms with Gasteiger partial charge in [-0.15, -0.1) is 5.10 Å². The van der Waals surface area contributed by atoms with Gasteiger partial charge < -0.3 is 54.5 Å². The van der Waals surface area contributed by atoms with E-state index in [1.165, 1.54) is 13.8 Å². The molecule has 58 heavy (non-hydrogen) atoms. The number of carbonyl (C=O) groups excluding carboxylic acids is 2. The molecule has 5 heterocycles. The predicted octanol–water partition coefficient (Wildman–Crippen LogP) is 2.66. The first-order valence-corrected chi connectivity index (χ1v) is 20.3. The lowest BCUT2D eigenvalue weighted by Gasteiger charge is -2.48. The summed E-state index contributed by atoms with van der Waals surface area (Å²) in [5, 5.41) is 44.4.